The molecule has 0 aromatic rings. The van der Waals surface area contributed by atoms with Crippen molar-refractivity contribution in [3.05, 3.63) is 0 Å². The highest BCUT2D eigenvalue weighted by Gasteiger charge is 2.36. The van der Waals surface area contributed by atoms with E-state index in [2.05, 4.69) is 5.32 Å². The van der Waals surface area contributed by atoms with Crippen molar-refractivity contribution in [3.8, 4) is 0 Å². The molecule has 0 bridgehead atoms. The number of nitrogens with zero attached hydrogens (tertiary/aromatic N) is 1. The molecule has 1 aliphatic heterocycles. The Balaban J connectivity index is 1.49. The molecule has 1 saturated carbocycles. The largest absolute Gasteiger partial charge is 0.382 e. The third-order valence-electron chi connectivity index (χ3n) is 4.16. The predicted molar refractivity (Wildman–Crippen MR) is 85.6 cm³/mol. The van der Waals surface area contributed by atoms with Gasteiger partial charge in [-0.1, -0.05) is 24.6 Å². The van der Waals surface area contributed by atoms with Gasteiger partial charge in [-0.3, -0.25) is 4.99 Å². The van der Waals surface area contributed by atoms with E-state index in [0.29, 0.717) is 18.6 Å². The summed E-state index contributed by atoms with van der Waals surface area (Å²) in [7, 11) is 1.70. The topological polar surface area (TPSA) is 42.9 Å². The van der Waals surface area contributed by atoms with Crippen molar-refractivity contribution in [2.24, 2.45) is 10.4 Å². The first-order chi connectivity index (χ1) is 9.85. The summed E-state index contributed by atoms with van der Waals surface area (Å²) in [6.07, 6.45) is 7.81. The number of thioether (sulfide) groups is 1. The Morgan fingerprint density at radius 1 is 1.20 bits per heavy atom. The van der Waals surface area contributed by atoms with Gasteiger partial charge >= 0.3 is 0 Å². The van der Waals surface area contributed by atoms with E-state index in [1.807, 2.05) is 11.8 Å². The second-order valence-electron chi connectivity index (χ2n) is 5.86. The predicted octanol–water partition coefficient (Wildman–Crippen LogP) is 2.68. The minimum atomic E-state index is 0.547. The Morgan fingerprint density at radius 2 is 2.05 bits per heavy atom. The normalized spacial score (nSPS) is 21.1. The summed E-state index contributed by atoms with van der Waals surface area (Å²) in [5.41, 5.74) is 0.547. The summed E-state index contributed by atoms with van der Waals surface area (Å²) in [5, 5.41) is 4.62. The van der Waals surface area contributed by atoms with Gasteiger partial charge in [0.15, 0.2) is 5.17 Å². The maximum absolute atomic E-state index is 5.44. The van der Waals surface area contributed by atoms with Crippen LogP contribution in [0.4, 0.5) is 0 Å². The third kappa shape index (κ3) is 5.26. The smallest absolute Gasteiger partial charge is 0.156 e. The van der Waals surface area contributed by atoms with Crippen molar-refractivity contribution in [1.29, 1.82) is 0 Å². The van der Waals surface area contributed by atoms with E-state index in [1.54, 1.807) is 7.11 Å². The molecule has 5 heteroatoms. The second kappa shape index (κ2) is 8.90. The molecule has 1 heterocycles. The molecule has 4 nitrogen and oxygen atoms in total. The summed E-state index contributed by atoms with van der Waals surface area (Å²) >= 11 is 1.93. The highest BCUT2D eigenvalue weighted by molar-refractivity contribution is 8.13. The molecule has 0 aromatic heterocycles. The van der Waals surface area contributed by atoms with Crippen LogP contribution in [-0.4, -0.2) is 50.9 Å². The number of unbranched alkanes of at least 4 members (excludes halogenated alkanes) is 1. The Bertz CT molecular complexity index is 304. The van der Waals surface area contributed by atoms with E-state index in [-0.39, 0.29) is 0 Å². The van der Waals surface area contributed by atoms with Gasteiger partial charge in [0.2, 0.25) is 0 Å². The Hall–Kier alpha value is -0.260. The zero-order chi connectivity index (χ0) is 14.1. The van der Waals surface area contributed by atoms with Crippen LogP contribution < -0.4 is 5.32 Å². The van der Waals surface area contributed by atoms with Crippen molar-refractivity contribution in [1.82, 2.24) is 5.32 Å². The van der Waals surface area contributed by atoms with Crippen LogP contribution in [0.2, 0.25) is 0 Å². The maximum Gasteiger partial charge on any atom is 0.156 e. The highest BCUT2D eigenvalue weighted by Crippen LogP contribution is 2.43. The molecular formula is C15H28N2O2S. The number of ether oxygens (including phenoxy) is 2. The first-order valence-electron chi connectivity index (χ1n) is 7.82. The molecule has 0 atom stereocenters. The van der Waals surface area contributed by atoms with Crippen LogP contribution in [0.5, 0.6) is 0 Å². The van der Waals surface area contributed by atoms with E-state index >= 15 is 0 Å². The number of hydrogen-bond donors (Lipinski definition) is 1. The third-order valence-corrected chi connectivity index (χ3v) is 5.46. The number of amidine groups is 1. The standard InChI is InChI=1S/C15H28N2O2S/c1-18-10-11-19-9-5-4-8-16-14-17-12-15(13-20-14)6-2-3-7-15/h2-13H2,1H3,(H,16,17). The summed E-state index contributed by atoms with van der Waals surface area (Å²) < 4.78 is 10.4. The van der Waals surface area contributed by atoms with Crippen LogP contribution >= 0.6 is 11.8 Å². The first-order valence-corrected chi connectivity index (χ1v) is 8.81. The lowest BCUT2D eigenvalue weighted by Crippen LogP contribution is -2.33. The minimum absolute atomic E-state index is 0.547. The van der Waals surface area contributed by atoms with Crippen LogP contribution in [0.25, 0.3) is 0 Å². The first kappa shape index (κ1) is 16.1. The maximum atomic E-state index is 5.44. The molecule has 0 radical (unpaired) electrons. The lowest BCUT2D eigenvalue weighted by molar-refractivity contribution is 0.0689. The molecule has 1 aliphatic carbocycles. The summed E-state index contributed by atoms with van der Waals surface area (Å²) in [5.74, 6) is 1.26. The Morgan fingerprint density at radius 3 is 2.75 bits per heavy atom. The van der Waals surface area contributed by atoms with Gasteiger partial charge in [-0.15, -0.1) is 0 Å². The van der Waals surface area contributed by atoms with E-state index in [9.17, 15) is 0 Å². The minimum Gasteiger partial charge on any atom is -0.382 e. The summed E-state index contributed by atoms with van der Waals surface area (Å²) in [6.45, 7) is 4.27. The number of methoxy groups -OCH3 is 1. The molecule has 1 N–H and O–H groups in total. The van der Waals surface area contributed by atoms with E-state index in [1.165, 1.54) is 31.4 Å². The number of rotatable bonds is 8. The SMILES string of the molecule is COCCOCCCCNC1=NCC2(CCCC2)CS1. The number of aliphatic imine (C=N–C) groups is 1. The van der Waals surface area contributed by atoms with Crippen molar-refractivity contribution in [2.45, 2.75) is 38.5 Å². The van der Waals surface area contributed by atoms with E-state index < -0.39 is 0 Å². The molecule has 1 spiro atoms. The molecule has 0 unspecified atom stereocenters. The van der Waals surface area contributed by atoms with Gasteiger partial charge in [-0.2, -0.15) is 0 Å². The molecule has 0 aromatic carbocycles. The zero-order valence-electron chi connectivity index (χ0n) is 12.7. The lowest BCUT2D eigenvalue weighted by Gasteiger charge is -2.31. The van der Waals surface area contributed by atoms with Gasteiger partial charge in [0.05, 0.1) is 13.2 Å². The fourth-order valence-electron chi connectivity index (χ4n) is 2.86. The molecule has 20 heavy (non-hydrogen) atoms. The summed E-state index contributed by atoms with van der Waals surface area (Å²) in [6, 6.07) is 0. The van der Waals surface area contributed by atoms with Crippen LogP contribution in [-0.2, 0) is 9.47 Å². The van der Waals surface area contributed by atoms with Gasteiger partial charge < -0.3 is 14.8 Å². The molecule has 1 fully saturated rings. The van der Waals surface area contributed by atoms with Crippen LogP contribution in [0, 0.1) is 5.41 Å². The quantitative estimate of drug-likeness (QED) is 0.700. The summed E-state index contributed by atoms with van der Waals surface area (Å²) in [4.78, 5) is 4.74. The van der Waals surface area contributed by atoms with Gasteiger partial charge in [0, 0.05) is 32.6 Å². The van der Waals surface area contributed by atoms with Crippen LogP contribution in [0.3, 0.4) is 0 Å². The fourth-order valence-corrected chi connectivity index (χ4v) is 4.04. The Labute approximate surface area is 127 Å². The fraction of sp³-hybridized carbons (Fsp3) is 0.933. The van der Waals surface area contributed by atoms with Crippen LogP contribution in [0.1, 0.15) is 38.5 Å². The monoisotopic (exact) mass is 300 g/mol. The zero-order valence-corrected chi connectivity index (χ0v) is 13.5. The van der Waals surface area contributed by atoms with Gasteiger partial charge in [-0.25, -0.2) is 0 Å². The van der Waals surface area contributed by atoms with Gasteiger partial charge in [0.1, 0.15) is 0 Å². The molecule has 0 amide bonds. The van der Waals surface area contributed by atoms with Crippen molar-refractivity contribution >= 4 is 16.9 Å². The molecular weight excluding hydrogens is 272 g/mol. The average Bonchev–Trinajstić information content (AvgIpc) is 2.92. The number of hydrogen-bond acceptors (Lipinski definition) is 5. The highest BCUT2D eigenvalue weighted by atomic mass is 32.2. The molecule has 2 aliphatic rings. The molecule has 2 rings (SSSR count). The van der Waals surface area contributed by atoms with Crippen molar-refractivity contribution in [2.75, 3.05) is 45.8 Å². The molecule has 116 valence electrons. The van der Waals surface area contributed by atoms with E-state index in [0.717, 1.165) is 37.7 Å². The molecule has 0 saturated heterocycles. The van der Waals surface area contributed by atoms with Crippen molar-refractivity contribution < 1.29 is 9.47 Å². The van der Waals surface area contributed by atoms with Crippen molar-refractivity contribution in [3.63, 3.8) is 0 Å². The second-order valence-corrected chi connectivity index (χ2v) is 6.82. The lowest BCUT2D eigenvalue weighted by atomic mass is 9.89. The van der Waals surface area contributed by atoms with Crippen LogP contribution in [0.15, 0.2) is 4.99 Å². The average molecular weight is 300 g/mol. The van der Waals surface area contributed by atoms with Gasteiger partial charge in [-0.05, 0) is 31.1 Å². The number of nitrogens with one attached hydrogen (secondary N) is 1. The van der Waals surface area contributed by atoms with E-state index in [4.69, 9.17) is 14.5 Å². The Kier molecular flexibility index (Phi) is 7.17. The van der Waals surface area contributed by atoms with Gasteiger partial charge in [0.25, 0.3) is 0 Å².